The van der Waals surface area contributed by atoms with Gasteiger partial charge in [-0.3, -0.25) is 14.3 Å². The van der Waals surface area contributed by atoms with E-state index in [-0.39, 0.29) is 11.3 Å². The van der Waals surface area contributed by atoms with Gasteiger partial charge in [0.05, 0.1) is 11.3 Å². The molecule has 0 spiro atoms. The van der Waals surface area contributed by atoms with Crippen LogP contribution in [0, 0.1) is 6.92 Å². The number of benzene rings is 2. The van der Waals surface area contributed by atoms with Crippen molar-refractivity contribution in [2.75, 3.05) is 0 Å². The maximum absolute atomic E-state index is 12.9. The van der Waals surface area contributed by atoms with Gasteiger partial charge in [0, 0.05) is 18.3 Å². The summed E-state index contributed by atoms with van der Waals surface area (Å²) in [4.78, 5) is 25.4. The minimum atomic E-state index is -0.133. The minimum Gasteiger partial charge on any atom is -0.289 e. The van der Waals surface area contributed by atoms with Crippen molar-refractivity contribution in [2.24, 2.45) is 7.05 Å². The molecule has 3 rings (SSSR count). The Morgan fingerprint density at radius 1 is 0.960 bits per heavy atom. The van der Waals surface area contributed by atoms with Gasteiger partial charge in [0.1, 0.15) is 0 Å². The summed E-state index contributed by atoms with van der Waals surface area (Å²) in [6, 6.07) is 18.6. The van der Waals surface area contributed by atoms with Crippen LogP contribution < -0.4 is 5.56 Å². The molecule has 1 aromatic heterocycles. The second-order valence-electron chi connectivity index (χ2n) is 6.00. The van der Waals surface area contributed by atoms with Crippen LogP contribution in [0.25, 0.3) is 11.8 Å². The molecule has 0 aliphatic carbocycles. The maximum Gasteiger partial charge on any atom is 0.278 e. The van der Waals surface area contributed by atoms with Crippen molar-refractivity contribution in [3.63, 3.8) is 0 Å². The number of rotatable bonds is 4. The van der Waals surface area contributed by atoms with Crippen molar-refractivity contribution in [2.45, 2.75) is 13.8 Å². The third kappa shape index (κ3) is 3.11. The molecule has 0 aliphatic rings. The summed E-state index contributed by atoms with van der Waals surface area (Å²) in [6.07, 6.45) is 1.69. The maximum atomic E-state index is 12.9. The normalized spacial score (nSPS) is 11.6. The molecule has 0 bridgehead atoms. The molecule has 25 heavy (non-hydrogen) atoms. The molecule has 0 saturated heterocycles. The molecule has 0 saturated carbocycles. The lowest BCUT2D eigenvalue weighted by molar-refractivity contribution is 0.103. The van der Waals surface area contributed by atoms with E-state index in [1.165, 1.54) is 0 Å². The first kappa shape index (κ1) is 16.7. The highest BCUT2D eigenvalue weighted by Crippen LogP contribution is 2.15. The Morgan fingerprint density at radius 3 is 2.12 bits per heavy atom. The highest BCUT2D eigenvalue weighted by atomic mass is 16.1. The molecule has 0 atom stereocenters. The Labute approximate surface area is 146 Å². The van der Waals surface area contributed by atoms with Gasteiger partial charge >= 0.3 is 0 Å². The average molecular weight is 332 g/mol. The third-order valence-corrected chi connectivity index (χ3v) is 4.35. The van der Waals surface area contributed by atoms with Crippen LogP contribution in [0.15, 0.2) is 71.0 Å². The number of nitrogens with zero attached hydrogens (tertiary/aromatic N) is 2. The lowest BCUT2D eigenvalue weighted by Gasteiger charge is -2.07. The lowest BCUT2D eigenvalue weighted by atomic mass is 10.0. The molecular weight excluding hydrogens is 312 g/mol. The van der Waals surface area contributed by atoms with Crippen LogP contribution in [0.3, 0.4) is 0 Å². The number of para-hydroxylation sites is 1. The SMILES string of the molecule is CC(=Cc1c(C)n(C)n(-c2ccccc2)c1=O)C(=O)c1ccccc1. The molecule has 3 aromatic rings. The van der Waals surface area contributed by atoms with Crippen molar-refractivity contribution in [1.82, 2.24) is 9.36 Å². The molecule has 0 radical (unpaired) electrons. The van der Waals surface area contributed by atoms with E-state index in [2.05, 4.69) is 0 Å². The standard InChI is InChI=1S/C21H20N2O2/c1-15(20(24)17-10-6-4-7-11-17)14-19-16(2)22(3)23(21(19)25)18-12-8-5-9-13-18/h4-14H,1-3H3. The monoisotopic (exact) mass is 332 g/mol. The Balaban J connectivity index is 2.07. The van der Waals surface area contributed by atoms with E-state index in [1.54, 1.807) is 29.8 Å². The van der Waals surface area contributed by atoms with E-state index in [9.17, 15) is 9.59 Å². The summed E-state index contributed by atoms with van der Waals surface area (Å²) in [5.41, 5.74) is 3.17. The zero-order valence-electron chi connectivity index (χ0n) is 14.6. The Hall–Kier alpha value is -3.14. The topological polar surface area (TPSA) is 44.0 Å². The van der Waals surface area contributed by atoms with E-state index < -0.39 is 0 Å². The molecule has 0 N–H and O–H groups in total. The van der Waals surface area contributed by atoms with E-state index in [0.717, 1.165) is 11.4 Å². The summed E-state index contributed by atoms with van der Waals surface area (Å²) in [7, 11) is 1.84. The van der Waals surface area contributed by atoms with Crippen LogP contribution in [0.4, 0.5) is 0 Å². The number of ketones is 1. The quantitative estimate of drug-likeness (QED) is 0.539. The van der Waals surface area contributed by atoms with Crippen molar-refractivity contribution in [3.05, 3.63) is 93.4 Å². The number of carbonyl (C=O) groups is 1. The molecular formula is C21H20N2O2. The van der Waals surface area contributed by atoms with Crippen molar-refractivity contribution in [3.8, 4) is 5.69 Å². The summed E-state index contributed by atoms with van der Waals surface area (Å²) in [6.45, 7) is 3.63. The summed E-state index contributed by atoms with van der Waals surface area (Å²) in [5, 5.41) is 0. The third-order valence-electron chi connectivity index (χ3n) is 4.35. The lowest BCUT2D eigenvalue weighted by Crippen LogP contribution is -2.20. The van der Waals surface area contributed by atoms with Crippen LogP contribution in [0.1, 0.15) is 28.5 Å². The second kappa shape index (κ2) is 6.77. The number of hydrogen-bond acceptors (Lipinski definition) is 2. The predicted molar refractivity (Wildman–Crippen MR) is 100 cm³/mol. The minimum absolute atomic E-state index is 0.0745. The molecule has 4 nitrogen and oxygen atoms in total. The first-order chi connectivity index (χ1) is 12.0. The summed E-state index contributed by atoms with van der Waals surface area (Å²) < 4.78 is 3.42. The average Bonchev–Trinajstić information content (AvgIpc) is 2.86. The Morgan fingerprint density at radius 2 is 1.52 bits per heavy atom. The van der Waals surface area contributed by atoms with Crippen molar-refractivity contribution >= 4 is 11.9 Å². The number of Topliss-reactive ketones (excluding diaryl/α,β-unsaturated/α-hetero) is 1. The van der Waals surface area contributed by atoms with E-state index in [4.69, 9.17) is 0 Å². The highest BCUT2D eigenvalue weighted by molar-refractivity contribution is 6.10. The molecule has 4 heteroatoms. The van der Waals surface area contributed by atoms with Gasteiger partial charge in [0.15, 0.2) is 5.78 Å². The number of carbonyl (C=O) groups excluding carboxylic acids is 1. The molecule has 126 valence electrons. The number of aromatic nitrogens is 2. The van der Waals surface area contributed by atoms with Gasteiger partial charge in [-0.1, -0.05) is 48.5 Å². The molecule has 0 aliphatic heterocycles. The second-order valence-corrected chi connectivity index (χ2v) is 6.00. The Kier molecular flexibility index (Phi) is 4.52. The van der Waals surface area contributed by atoms with Crippen LogP contribution in [-0.4, -0.2) is 15.1 Å². The van der Waals surface area contributed by atoms with Crippen molar-refractivity contribution in [1.29, 1.82) is 0 Å². The van der Waals surface area contributed by atoms with Gasteiger partial charge in [-0.2, -0.15) is 0 Å². The van der Waals surface area contributed by atoms with E-state index >= 15 is 0 Å². The fourth-order valence-corrected chi connectivity index (χ4v) is 2.85. The van der Waals surface area contributed by atoms with E-state index in [1.807, 2.05) is 67.2 Å². The van der Waals surface area contributed by atoms with Crippen molar-refractivity contribution < 1.29 is 4.79 Å². The molecule has 0 amide bonds. The van der Waals surface area contributed by atoms with Crippen LogP contribution in [0.2, 0.25) is 0 Å². The van der Waals surface area contributed by atoms with Gasteiger partial charge in [-0.25, -0.2) is 4.68 Å². The van der Waals surface area contributed by atoms with Gasteiger partial charge < -0.3 is 0 Å². The van der Waals surface area contributed by atoms with Gasteiger partial charge in [0.25, 0.3) is 5.56 Å². The van der Waals surface area contributed by atoms with Gasteiger partial charge in [-0.15, -0.1) is 0 Å². The highest BCUT2D eigenvalue weighted by Gasteiger charge is 2.16. The van der Waals surface area contributed by atoms with Gasteiger partial charge in [-0.05, 0) is 37.6 Å². The molecule has 1 heterocycles. The van der Waals surface area contributed by atoms with Crippen LogP contribution in [0.5, 0.6) is 0 Å². The van der Waals surface area contributed by atoms with Gasteiger partial charge in [0.2, 0.25) is 0 Å². The van der Waals surface area contributed by atoms with Crippen LogP contribution in [-0.2, 0) is 7.05 Å². The number of allylic oxidation sites excluding steroid dienone is 1. The summed E-state index contributed by atoms with van der Waals surface area (Å²) in [5.74, 6) is -0.0745. The Bertz CT molecular complexity index is 994. The molecule has 0 fully saturated rings. The molecule has 2 aromatic carbocycles. The first-order valence-electron chi connectivity index (χ1n) is 8.12. The fraction of sp³-hybridized carbons (Fsp3) is 0.143. The first-order valence-corrected chi connectivity index (χ1v) is 8.12. The summed E-state index contributed by atoms with van der Waals surface area (Å²) >= 11 is 0. The smallest absolute Gasteiger partial charge is 0.278 e. The van der Waals surface area contributed by atoms with Crippen LogP contribution >= 0.6 is 0 Å². The zero-order chi connectivity index (χ0) is 18.0. The zero-order valence-corrected chi connectivity index (χ0v) is 14.6. The largest absolute Gasteiger partial charge is 0.289 e. The predicted octanol–water partition coefficient (Wildman–Crippen LogP) is 3.77. The molecule has 0 unspecified atom stereocenters. The number of hydrogen-bond donors (Lipinski definition) is 0. The van der Waals surface area contributed by atoms with E-state index in [0.29, 0.717) is 16.7 Å². The fourth-order valence-electron chi connectivity index (χ4n) is 2.85.